The fourth-order valence-corrected chi connectivity index (χ4v) is 3.36. The maximum Gasteiger partial charge on any atom is 0.292 e. The molecule has 1 aliphatic heterocycles. The number of aromatic nitrogens is 5. The van der Waals surface area contributed by atoms with E-state index in [1.54, 1.807) is 0 Å². The highest BCUT2D eigenvalue weighted by Crippen LogP contribution is 2.33. The fraction of sp³-hybridized carbons (Fsp3) is 0.133. The third-order valence-corrected chi connectivity index (χ3v) is 4.21. The van der Waals surface area contributed by atoms with E-state index >= 15 is 0 Å². The van der Waals surface area contributed by atoms with Crippen LogP contribution in [0.1, 0.15) is 5.56 Å². The lowest BCUT2D eigenvalue weighted by Crippen LogP contribution is -2.29. The molecule has 0 atom stereocenters. The molecule has 1 aliphatic rings. The Morgan fingerprint density at radius 3 is 3.00 bits per heavy atom. The number of hydrogen-bond acceptors (Lipinski definition) is 2. The number of imidazole rings is 1. The van der Waals surface area contributed by atoms with Gasteiger partial charge in [-0.05, 0) is 12.1 Å². The zero-order valence-electron chi connectivity index (χ0n) is 11.0. The van der Waals surface area contributed by atoms with Gasteiger partial charge in [-0.25, -0.2) is 14.1 Å². The first-order chi connectivity index (χ1) is 9.84. The van der Waals surface area contributed by atoms with Crippen LogP contribution in [-0.4, -0.2) is 18.9 Å². The average molecular weight is 262 g/mol. The van der Waals surface area contributed by atoms with E-state index in [1.807, 2.05) is 24.9 Å². The molecule has 0 spiro atoms. The molecule has 5 heterocycles. The summed E-state index contributed by atoms with van der Waals surface area (Å²) in [6, 6.07) is 4.16. The molecule has 0 saturated heterocycles. The second-order valence-electron chi connectivity index (χ2n) is 5.24. The van der Waals surface area contributed by atoms with Crippen molar-refractivity contribution in [2.75, 3.05) is 0 Å². The maximum absolute atomic E-state index is 4.27. The summed E-state index contributed by atoms with van der Waals surface area (Å²) in [4.78, 5) is 8.46. The van der Waals surface area contributed by atoms with Crippen molar-refractivity contribution in [3.63, 3.8) is 0 Å². The molecule has 0 aromatic carbocycles. The van der Waals surface area contributed by atoms with Gasteiger partial charge in [0.1, 0.15) is 6.54 Å². The zero-order chi connectivity index (χ0) is 13.3. The quantitative estimate of drug-likeness (QED) is 0.397. The van der Waals surface area contributed by atoms with Crippen LogP contribution in [0.25, 0.3) is 27.9 Å². The number of rotatable bonds is 0. The summed E-state index contributed by atoms with van der Waals surface area (Å²) in [6.07, 6.45) is 9.67. The zero-order valence-corrected chi connectivity index (χ0v) is 11.0. The Labute approximate surface area is 114 Å². The molecule has 20 heavy (non-hydrogen) atoms. The average Bonchev–Trinajstić information content (AvgIpc) is 3.10. The monoisotopic (exact) mass is 262 g/mol. The Kier molecular flexibility index (Phi) is 1.65. The van der Waals surface area contributed by atoms with Crippen molar-refractivity contribution in [1.29, 1.82) is 0 Å². The van der Waals surface area contributed by atoms with Crippen LogP contribution >= 0.6 is 0 Å². The predicted octanol–water partition coefficient (Wildman–Crippen LogP) is 1.54. The van der Waals surface area contributed by atoms with Crippen LogP contribution in [0, 0.1) is 0 Å². The number of aryl methyl sites for hydroxylation is 1. The molecule has 0 unspecified atom stereocenters. The molecule has 0 bridgehead atoms. The van der Waals surface area contributed by atoms with Gasteiger partial charge in [-0.15, -0.1) is 0 Å². The molecule has 0 saturated carbocycles. The molecule has 0 fully saturated rings. The van der Waals surface area contributed by atoms with Crippen molar-refractivity contribution < 1.29 is 4.57 Å². The van der Waals surface area contributed by atoms with Crippen molar-refractivity contribution in [3.05, 3.63) is 48.8 Å². The molecule has 5 rings (SSSR count). The highest BCUT2D eigenvalue weighted by Gasteiger charge is 2.34. The van der Waals surface area contributed by atoms with Gasteiger partial charge in [0.25, 0.3) is 5.82 Å². The summed E-state index contributed by atoms with van der Waals surface area (Å²) < 4.78 is 6.70. The molecule has 0 N–H and O–H groups in total. The van der Waals surface area contributed by atoms with Crippen LogP contribution in [0.4, 0.5) is 0 Å². The molecular formula is C15H12N5+. The van der Waals surface area contributed by atoms with Gasteiger partial charge < -0.3 is 0 Å². The molecule has 0 radical (unpaired) electrons. The van der Waals surface area contributed by atoms with E-state index in [-0.39, 0.29) is 0 Å². The lowest BCUT2D eigenvalue weighted by molar-refractivity contribution is -0.633. The van der Waals surface area contributed by atoms with Gasteiger partial charge in [0.15, 0.2) is 11.0 Å². The second kappa shape index (κ2) is 3.25. The number of nitrogens with zero attached hydrogens (tertiary/aromatic N) is 5. The van der Waals surface area contributed by atoms with Crippen molar-refractivity contribution in [1.82, 2.24) is 18.9 Å². The van der Waals surface area contributed by atoms with Crippen molar-refractivity contribution in [2.24, 2.45) is 7.05 Å². The molecule has 96 valence electrons. The third-order valence-electron chi connectivity index (χ3n) is 4.21. The maximum atomic E-state index is 4.27. The van der Waals surface area contributed by atoms with Crippen LogP contribution in [0.5, 0.6) is 0 Å². The predicted molar refractivity (Wildman–Crippen MR) is 74.2 cm³/mol. The summed E-state index contributed by atoms with van der Waals surface area (Å²) in [5.41, 5.74) is 6.24. The molecule has 4 aromatic rings. The van der Waals surface area contributed by atoms with E-state index in [4.69, 9.17) is 0 Å². The Balaban J connectivity index is 1.98. The van der Waals surface area contributed by atoms with Crippen molar-refractivity contribution >= 4 is 16.6 Å². The smallest absolute Gasteiger partial charge is 0.292 e. The van der Waals surface area contributed by atoms with Gasteiger partial charge in [0.2, 0.25) is 0 Å². The minimum absolute atomic E-state index is 0.912. The van der Waals surface area contributed by atoms with Crippen LogP contribution in [0.3, 0.4) is 0 Å². The van der Waals surface area contributed by atoms with Gasteiger partial charge in [-0.3, -0.25) is 9.38 Å². The van der Waals surface area contributed by atoms with Crippen molar-refractivity contribution in [2.45, 2.75) is 6.54 Å². The SMILES string of the molecule is C[n+]1c2n(c3cn4cnccc4c31)Cc1ccncc1-2. The van der Waals surface area contributed by atoms with E-state index in [2.05, 4.69) is 48.9 Å². The van der Waals surface area contributed by atoms with Crippen LogP contribution < -0.4 is 4.57 Å². The van der Waals surface area contributed by atoms with Gasteiger partial charge in [-0.1, -0.05) is 0 Å². The first-order valence-electron chi connectivity index (χ1n) is 6.61. The third kappa shape index (κ3) is 1.02. The largest absolute Gasteiger partial charge is 0.299 e. The number of pyridine rings is 1. The van der Waals surface area contributed by atoms with E-state index in [0.29, 0.717) is 0 Å². The lowest BCUT2D eigenvalue weighted by atomic mass is 10.2. The Morgan fingerprint density at radius 1 is 1.15 bits per heavy atom. The molecular weight excluding hydrogens is 250 g/mol. The minimum atomic E-state index is 0.912. The summed E-state index contributed by atoms with van der Waals surface area (Å²) in [5, 5.41) is 0. The molecule has 5 nitrogen and oxygen atoms in total. The Morgan fingerprint density at radius 2 is 2.05 bits per heavy atom. The molecule has 4 aromatic heterocycles. The van der Waals surface area contributed by atoms with Crippen LogP contribution in [-0.2, 0) is 13.6 Å². The number of fused-ring (bicyclic) bond motifs is 7. The first kappa shape index (κ1) is 10.1. The summed E-state index contributed by atoms with van der Waals surface area (Å²) >= 11 is 0. The lowest BCUT2D eigenvalue weighted by Gasteiger charge is -1.95. The van der Waals surface area contributed by atoms with Gasteiger partial charge >= 0.3 is 0 Å². The second-order valence-corrected chi connectivity index (χ2v) is 5.24. The van der Waals surface area contributed by atoms with Gasteiger partial charge in [0, 0.05) is 24.2 Å². The fourth-order valence-electron chi connectivity index (χ4n) is 3.36. The van der Waals surface area contributed by atoms with E-state index in [9.17, 15) is 0 Å². The molecule has 0 amide bonds. The highest BCUT2D eigenvalue weighted by atomic mass is 15.2. The van der Waals surface area contributed by atoms with Crippen LogP contribution in [0.2, 0.25) is 0 Å². The number of hydrogen-bond donors (Lipinski definition) is 0. The Hall–Kier alpha value is -2.69. The van der Waals surface area contributed by atoms with E-state index in [1.165, 1.54) is 33.5 Å². The Bertz CT molecular complexity index is 992. The first-order valence-corrected chi connectivity index (χ1v) is 6.61. The normalized spacial score (nSPS) is 13.1. The topological polar surface area (TPSA) is 39.0 Å². The van der Waals surface area contributed by atoms with Gasteiger partial charge in [0.05, 0.1) is 30.7 Å². The molecule has 5 heteroatoms. The minimum Gasteiger partial charge on any atom is -0.299 e. The van der Waals surface area contributed by atoms with E-state index < -0.39 is 0 Å². The van der Waals surface area contributed by atoms with Gasteiger partial charge in [-0.2, -0.15) is 0 Å². The summed E-state index contributed by atoms with van der Waals surface area (Å²) in [6.45, 7) is 0.912. The van der Waals surface area contributed by atoms with Crippen molar-refractivity contribution in [3.8, 4) is 11.4 Å². The van der Waals surface area contributed by atoms with E-state index in [0.717, 1.165) is 6.54 Å². The standard InChI is InChI=1S/C15H12N5/c1-18-14-12-3-5-17-9-19(12)8-13(14)20-7-10-2-4-16-6-11(10)15(18)20/h2-6,8-9H,7H2,1H3/q+1. The summed E-state index contributed by atoms with van der Waals surface area (Å²) in [5.74, 6) is 1.23. The van der Waals surface area contributed by atoms with Crippen LogP contribution in [0.15, 0.2) is 43.2 Å². The highest BCUT2D eigenvalue weighted by molar-refractivity contribution is 5.91. The molecule has 0 aliphatic carbocycles. The summed E-state index contributed by atoms with van der Waals surface area (Å²) in [7, 11) is 2.12.